The number of nitriles is 1. The lowest BCUT2D eigenvalue weighted by atomic mass is 10.1. The Morgan fingerprint density at radius 3 is 2.67 bits per heavy atom. The highest BCUT2D eigenvalue weighted by molar-refractivity contribution is 7.14. The Morgan fingerprint density at radius 1 is 1.23 bits per heavy atom. The summed E-state index contributed by atoms with van der Waals surface area (Å²) >= 11 is 1.23. The minimum atomic E-state index is -0.527. The van der Waals surface area contributed by atoms with Gasteiger partial charge in [-0.1, -0.05) is 17.3 Å². The molecule has 0 aliphatic carbocycles. The van der Waals surface area contributed by atoms with Gasteiger partial charge in [0.15, 0.2) is 6.61 Å². The van der Waals surface area contributed by atoms with E-state index in [0.717, 1.165) is 22.6 Å². The average Bonchev–Trinajstić information content (AvgIpc) is 3.31. The molecule has 1 N–H and O–H groups in total. The standard InChI is InChI=1S/C21H19N3O5S/c1-13-18(14(2)29-24-13)11-27-17-5-3-15(4-6-17)9-20(26)28-12-19(25)23-21-16(10-22)7-8-30-21/h3-8H,9,11-12H2,1-2H3,(H,23,25). The summed E-state index contributed by atoms with van der Waals surface area (Å²) < 4.78 is 15.8. The highest BCUT2D eigenvalue weighted by Gasteiger charge is 2.12. The van der Waals surface area contributed by atoms with E-state index < -0.39 is 18.5 Å². The maximum absolute atomic E-state index is 12.0. The third-order valence-corrected chi connectivity index (χ3v) is 5.07. The van der Waals surface area contributed by atoms with Crippen molar-refractivity contribution >= 4 is 28.2 Å². The van der Waals surface area contributed by atoms with Gasteiger partial charge in [-0.05, 0) is 43.0 Å². The summed E-state index contributed by atoms with van der Waals surface area (Å²) in [6, 6.07) is 10.6. The van der Waals surface area contributed by atoms with Crippen molar-refractivity contribution in [3.8, 4) is 11.8 Å². The molecule has 9 heteroatoms. The Hall–Kier alpha value is -3.64. The van der Waals surface area contributed by atoms with Crippen LogP contribution in [0.4, 0.5) is 5.00 Å². The van der Waals surface area contributed by atoms with Crippen LogP contribution >= 0.6 is 11.3 Å². The molecule has 154 valence electrons. The van der Waals surface area contributed by atoms with Crippen LogP contribution in [0.25, 0.3) is 0 Å². The molecule has 30 heavy (non-hydrogen) atoms. The van der Waals surface area contributed by atoms with Crippen LogP contribution in [-0.4, -0.2) is 23.6 Å². The van der Waals surface area contributed by atoms with E-state index in [1.54, 1.807) is 35.7 Å². The predicted octanol–water partition coefficient (Wildman–Crippen LogP) is 3.53. The van der Waals surface area contributed by atoms with E-state index in [1.807, 2.05) is 19.9 Å². The van der Waals surface area contributed by atoms with E-state index in [4.69, 9.17) is 19.3 Å². The summed E-state index contributed by atoms with van der Waals surface area (Å²) in [5.41, 5.74) is 2.80. The number of hydrogen-bond acceptors (Lipinski definition) is 8. The molecule has 0 unspecified atom stereocenters. The van der Waals surface area contributed by atoms with Crippen LogP contribution in [0.3, 0.4) is 0 Å². The number of nitrogens with zero attached hydrogens (tertiary/aromatic N) is 2. The zero-order valence-electron chi connectivity index (χ0n) is 16.4. The minimum absolute atomic E-state index is 0.0277. The highest BCUT2D eigenvalue weighted by atomic mass is 32.1. The number of aromatic nitrogens is 1. The second-order valence-corrected chi connectivity index (χ2v) is 7.31. The van der Waals surface area contributed by atoms with E-state index in [1.165, 1.54) is 11.3 Å². The lowest BCUT2D eigenvalue weighted by Gasteiger charge is -2.08. The summed E-state index contributed by atoms with van der Waals surface area (Å²) in [6.45, 7) is 3.61. The van der Waals surface area contributed by atoms with Crippen LogP contribution in [0.1, 0.15) is 28.1 Å². The van der Waals surface area contributed by atoms with Gasteiger partial charge in [0.2, 0.25) is 0 Å². The number of carbonyl (C=O) groups is 2. The maximum atomic E-state index is 12.0. The Morgan fingerprint density at radius 2 is 2.00 bits per heavy atom. The summed E-state index contributed by atoms with van der Waals surface area (Å²) in [4.78, 5) is 23.9. The number of anilines is 1. The topological polar surface area (TPSA) is 114 Å². The van der Waals surface area contributed by atoms with Gasteiger partial charge < -0.3 is 19.3 Å². The summed E-state index contributed by atoms with van der Waals surface area (Å²) in [7, 11) is 0. The van der Waals surface area contributed by atoms with Gasteiger partial charge in [0, 0.05) is 0 Å². The monoisotopic (exact) mass is 425 g/mol. The first-order chi connectivity index (χ1) is 14.5. The first-order valence-electron chi connectivity index (χ1n) is 9.03. The van der Waals surface area contributed by atoms with Gasteiger partial charge in [0.25, 0.3) is 5.91 Å². The van der Waals surface area contributed by atoms with Crippen molar-refractivity contribution in [2.45, 2.75) is 26.9 Å². The molecular weight excluding hydrogens is 406 g/mol. The predicted molar refractivity (Wildman–Crippen MR) is 109 cm³/mol. The van der Waals surface area contributed by atoms with E-state index in [-0.39, 0.29) is 6.42 Å². The molecule has 0 fully saturated rings. The molecule has 2 heterocycles. The molecule has 0 atom stereocenters. The average molecular weight is 425 g/mol. The SMILES string of the molecule is Cc1noc(C)c1COc1ccc(CC(=O)OCC(=O)Nc2sccc2C#N)cc1. The van der Waals surface area contributed by atoms with Gasteiger partial charge in [-0.15, -0.1) is 11.3 Å². The fourth-order valence-corrected chi connectivity index (χ4v) is 3.34. The van der Waals surface area contributed by atoms with Crippen molar-refractivity contribution in [2.24, 2.45) is 0 Å². The van der Waals surface area contributed by atoms with E-state index in [0.29, 0.717) is 22.9 Å². The first kappa shape index (κ1) is 21.1. The number of rotatable bonds is 8. The van der Waals surface area contributed by atoms with Gasteiger partial charge in [-0.2, -0.15) is 5.26 Å². The zero-order chi connectivity index (χ0) is 21.5. The van der Waals surface area contributed by atoms with Gasteiger partial charge in [0.1, 0.15) is 29.2 Å². The molecule has 0 saturated heterocycles. The molecule has 0 aliphatic rings. The van der Waals surface area contributed by atoms with Gasteiger partial charge in [-0.3, -0.25) is 9.59 Å². The number of aryl methyl sites for hydroxylation is 2. The van der Waals surface area contributed by atoms with Crippen LogP contribution in [0.2, 0.25) is 0 Å². The van der Waals surface area contributed by atoms with Crippen molar-refractivity contribution in [2.75, 3.05) is 11.9 Å². The number of benzene rings is 1. The van der Waals surface area contributed by atoms with Crippen LogP contribution < -0.4 is 10.1 Å². The van der Waals surface area contributed by atoms with E-state index in [9.17, 15) is 9.59 Å². The van der Waals surface area contributed by atoms with Crippen molar-refractivity contribution in [1.29, 1.82) is 5.26 Å². The molecule has 0 saturated carbocycles. The van der Waals surface area contributed by atoms with Crippen LogP contribution in [0.5, 0.6) is 5.75 Å². The first-order valence-corrected chi connectivity index (χ1v) is 9.90. The molecular formula is C21H19N3O5S. The highest BCUT2D eigenvalue weighted by Crippen LogP contribution is 2.22. The van der Waals surface area contributed by atoms with Gasteiger partial charge >= 0.3 is 5.97 Å². The van der Waals surface area contributed by atoms with E-state index >= 15 is 0 Å². The Labute approximate surface area is 177 Å². The van der Waals surface area contributed by atoms with Crippen molar-refractivity contribution < 1.29 is 23.6 Å². The molecule has 0 radical (unpaired) electrons. The van der Waals surface area contributed by atoms with Crippen LogP contribution in [0, 0.1) is 25.2 Å². The number of carbonyl (C=O) groups excluding carboxylic acids is 2. The second kappa shape index (κ2) is 9.71. The summed E-state index contributed by atoms with van der Waals surface area (Å²) in [5, 5.41) is 17.5. The molecule has 8 nitrogen and oxygen atoms in total. The molecule has 1 amide bonds. The van der Waals surface area contributed by atoms with Crippen molar-refractivity contribution in [1.82, 2.24) is 5.16 Å². The van der Waals surface area contributed by atoms with Crippen molar-refractivity contribution in [3.63, 3.8) is 0 Å². The number of nitrogens with one attached hydrogen (secondary N) is 1. The fraction of sp³-hybridized carbons (Fsp3) is 0.238. The van der Waals surface area contributed by atoms with Crippen molar-refractivity contribution in [3.05, 3.63) is 63.9 Å². The number of thiophene rings is 1. The number of hydrogen-bond donors (Lipinski definition) is 1. The summed E-state index contributed by atoms with van der Waals surface area (Å²) in [5.74, 6) is 0.348. The quantitative estimate of drug-likeness (QED) is 0.549. The zero-order valence-corrected chi connectivity index (χ0v) is 17.2. The molecule has 1 aromatic carbocycles. The summed E-state index contributed by atoms with van der Waals surface area (Å²) in [6.07, 6.45) is 0.0277. The van der Waals surface area contributed by atoms with Gasteiger partial charge in [-0.25, -0.2) is 0 Å². The normalized spacial score (nSPS) is 10.3. The smallest absolute Gasteiger partial charge is 0.310 e. The Kier molecular flexibility index (Phi) is 6.83. The Bertz CT molecular complexity index is 1060. The second-order valence-electron chi connectivity index (χ2n) is 6.40. The maximum Gasteiger partial charge on any atom is 0.310 e. The van der Waals surface area contributed by atoms with Crippen LogP contribution in [-0.2, 0) is 27.4 Å². The molecule has 0 bridgehead atoms. The third-order valence-electron chi connectivity index (χ3n) is 4.24. The number of ether oxygens (including phenoxy) is 2. The molecule has 3 rings (SSSR count). The largest absolute Gasteiger partial charge is 0.489 e. The molecule has 2 aromatic heterocycles. The number of amides is 1. The van der Waals surface area contributed by atoms with Gasteiger partial charge in [0.05, 0.1) is 23.2 Å². The van der Waals surface area contributed by atoms with E-state index in [2.05, 4.69) is 10.5 Å². The lowest BCUT2D eigenvalue weighted by molar-refractivity contribution is -0.146. The minimum Gasteiger partial charge on any atom is -0.489 e. The molecule has 0 aliphatic heterocycles. The number of esters is 1. The molecule has 0 spiro atoms. The Balaban J connectivity index is 1.44. The van der Waals surface area contributed by atoms with Crippen LogP contribution in [0.15, 0.2) is 40.2 Å². The third kappa shape index (κ3) is 5.46. The fourth-order valence-electron chi connectivity index (χ4n) is 2.59. The molecule has 3 aromatic rings. The lowest BCUT2D eigenvalue weighted by Crippen LogP contribution is -2.21.